The van der Waals surface area contributed by atoms with Crippen LogP contribution in [0, 0.1) is 0 Å². The number of carbonyl (C=O) groups is 1. The van der Waals surface area contributed by atoms with Gasteiger partial charge in [-0.3, -0.25) is 4.79 Å². The number of nitrogen functional groups attached to an aromatic ring is 1. The van der Waals surface area contributed by atoms with E-state index in [1.54, 1.807) is 24.3 Å². The van der Waals surface area contributed by atoms with Crippen molar-refractivity contribution in [3.8, 4) is 22.8 Å². The average molecular weight is 418 g/mol. The normalized spacial score (nSPS) is 11.0. The summed E-state index contributed by atoms with van der Waals surface area (Å²) in [6, 6.07) is 16.4. The maximum absolute atomic E-state index is 12.8. The molecule has 11 heteroatoms. The maximum Gasteiger partial charge on any atom is 0.294 e. The smallest absolute Gasteiger partial charge is 0.294 e. The second-order valence-corrected chi connectivity index (χ2v) is 6.24. The SMILES string of the molecule is CCOc1ccc(-c2c(C(=O)NN=Cc3ccccc3)nnn2-c2nonc2N)cc1. The molecule has 0 spiro atoms. The number of ether oxygens (including phenoxy) is 1. The third-order valence-electron chi connectivity index (χ3n) is 4.20. The zero-order chi connectivity index (χ0) is 21.6. The maximum atomic E-state index is 12.8. The molecule has 0 saturated carbocycles. The van der Waals surface area contributed by atoms with Crippen molar-refractivity contribution >= 4 is 17.9 Å². The van der Waals surface area contributed by atoms with E-state index in [0.29, 0.717) is 23.6 Å². The summed E-state index contributed by atoms with van der Waals surface area (Å²) in [7, 11) is 0. The van der Waals surface area contributed by atoms with E-state index in [1.165, 1.54) is 10.9 Å². The predicted octanol–water partition coefficient (Wildman–Crippen LogP) is 2.06. The quantitative estimate of drug-likeness (QED) is 0.342. The number of nitrogens with one attached hydrogen (secondary N) is 1. The largest absolute Gasteiger partial charge is 0.494 e. The molecule has 156 valence electrons. The van der Waals surface area contributed by atoms with Gasteiger partial charge in [0.2, 0.25) is 11.6 Å². The minimum atomic E-state index is -0.558. The number of nitrogens with zero attached hydrogens (tertiary/aromatic N) is 6. The Balaban J connectivity index is 1.69. The van der Waals surface area contributed by atoms with Gasteiger partial charge in [0.15, 0.2) is 5.69 Å². The number of nitrogens with two attached hydrogens (primary N) is 1. The number of anilines is 1. The lowest BCUT2D eigenvalue weighted by molar-refractivity contribution is 0.0950. The molecule has 2 aromatic heterocycles. The molecule has 0 unspecified atom stereocenters. The molecule has 0 aliphatic heterocycles. The van der Waals surface area contributed by atoms with Crippen LogP contribution in [0.2, 0.25) is 0 Å². The Kier molecular flexibility index (Phi) is 5.65. The summed E-state index contributed by atoms with van der Waals surface area (Å²) < 4.78 is 11.4. The first-order valence-electron chi connectivity index (χ1n) is 9.33. The second kappa shape index (κ2) is 8.86. The van der Waals surface area contributed by atoms with Crippen molar-refractivity contribution in [2.24, 2.45) is 5.10 Å². The number of hydrazone groups is 1. The third kappa shape index (κ3) is 4.24. The van der Waals surface area contributed by atoms with E-state index in [4.69, 9.17) is 10.5 Å². The third-order valence-corrected chi connectivity index (χ3v) is 4.20. The van der Waals surface area contributed by atoms with Gasteiger partial charge in [0.05, 0.1) is 12.8 Å². The van der Waals surface area contributed by atoms with Crippen molar-refractivity contribution in [3.05, 3.63) is 65.9 Å². The van der Waals surface area contributed by atoms with Crippen LogP contribution in [0.15, 0.2) is 64.3 Å². The van der Waals surface area contributed by atoms with Crippen molar-refractivity contribution in [3.63, 3.8) is 0 Å². The minimum absolute atomic E-state index is 0.00569. The Morgan fingerprint density at radius 3 is 2.65 bits per heavy atom. The Labute approximate surface area is 176 Å². The van der Waals surface area contributed by atoms with Gasteiger partial charge in [0, 0.05) is 5.56 Å². The van der Waals surface area contributed by atoms with E-state index in [2.05, 4.69) is 35.8 Å². The van der Waals surface area contributed by atoms with Crippen molar-refractivity contribution in [1.29, 1.82) is 0 Å². The summed E-state index contributed by atoms with van der Waals surface area (Å²) in [4.78, 5) is 12.8. The highest BCUT2D eigenvalue weighted by atomic mass is 16.6. The van der Waals surface area contributed by atoms with Crippen LogP contribution in [-0.4, -0.2) is 44.0 Å². The van der Waals surface area contributed by atoms with Crippen LogP contribution in [0.5, 0.6) is 5.75 Å². The van der Waals surface area contributed by atoms with Gasteiger partial charge in [-0.1, -0.05) is 35.5 Å². The fourth-order valence-electron chi connectivity index (χ4n) is 2.81. The zero-order valence-corrected chi connectivity index (χ0v) is 16.5. The van der Waals surface area contributed by atoms with Gasteiger partial charge in [-0.2, -0.15) is 9.78 Å². The Bertz CT molecular complexity index is 1200. The van der Waals surface area contributed by atoms with Gasteiger partial charge in [-0.25, -0.2) is 10.1 Å². The Morgan fingerprint density at radius 2 is 1.97 bits per heavy atom. The molecule has 0 saturated heterocycles. The Hall–Kier alpha value is -4.54. The van der Waals surface area contributed by atoms with Gasteiger partial charge in [0.25, 0.3) is 5.91 Å². The molecule has 2 aromatic carbocycles. The number of aromatic nitrogens is 5. The first-order chi connectivity index (χ1) is 15.2. The van der Waals surface area contributed by atoms with Crippen LogP contribution >= 0.6 is 0 Å². The highest BCUT2D eigenvalue weighted by Gasteiger charge is 2.25. The molecule has 0 radical (unpaired) electrons. The zero-order valence-electron chi connectivity index (χ0n) is 16.5. The molecular weight excluding hydrogens is 400 g/mol. The molecule has 11 nitrogen and oxygen atoms in total. The lowest BCUT2D eigenvalue weighted by atomic mass is 10.1. The van der Waals surface area contributed by atoms with Crippen LogP contribution in [0.1, 0.15) is 23.0 Å². The van der Waals surface area contributed by atoms with Gasteiger partial charge in [0.1, 0.15) is 11.4 Å². The number of hydrogen-bond acceptors (Lipinski definition) is 9. The van der Waals surface area contributed by atoms with Gasteiger partial charge >= 0.3 is 0 Å². The summed E-state index contributed by atoms with van der Waals surface area (Å²) in [5.74, 6) is 0.248. The van der Waals surface area contributed by atoms with Crippen molar-refractivity contribution in [2.45, 2.75) is 6.92 Å². The molecule has 3 N–H and O–H groups in total. The van der Waals surface area contributed by atoms with E-state index < -0.39 is 5.91 Å². The highest BCUT2D eigenvalue weighted by molar-refractivity contribution is 5.98. The van der Waals surface area contributed by atoms with Crippen LogP contribution in [0.3, 0.4) is 0 Å². The van der Waals surface area contributed by atoms with Crippen LogP contribution in [0.4, 0.5) is 5.82 Å². The molecule has 2 heterocycles. The van der Waals surface area contributed by atoms with Gasteiger partial charge < -0.3 is 10.5 Å². The van der Waals surface area contributed by atoms with E-state index in [0.717, 1.165) is 5.56 Å². The van der Waals surface area contributed by atoms with Crippen LogP contribution < -0.4 is 15.9 Å². The fraction of sp³-hybridized carbons (Fsp3) is 0.100. The predicted molar refractivity (Wildman–Crippen MR) is 112 cm³/mol. The van der Waals surface area contributed by atoms with E-state index in [9.17, 15) is 4.79 Å². The molecule has 31 heavy (non-hydrogen) atoms. The van der Waals surface area contributed by atoms with Crippen molar-refractivity contribution in [2.75, 3.05) is 12.3 Å². The monoisotopic (exact) mass is 418 g/mol. The first kappa shape index (κ1) is 19.8. The number of benzene rings is 2. The number of amides is 1. The fourth-order valence-corrected chi connectivity index (χ4v) is 2.81. The first-order valence-corrected chi connectivity index (χ1v) is 9.33. The van der Waals surface area contributed by atoms with Crippen molar-refractivity contribution in [1.82, 2.24) is 30.7 Å². The molecule has 0 aliphatic rings. The second-order valence-electron chi connectivity index (χ2n) is 6.24. The lowest BCUT2D eigenvalue weighted by Gasteiger charge is -2.07. The van der Waals surface area contributed by atoms with Gasteiger partial charge in [-0.15, -0.1) is 5.10 Å². The molecule has 0 bridgehead atoms. The summed E-state index contributed by atoms with van der Waals surface area (Å²) in [5, 5.41) is 19.3. The summed E-state index contributed by atoms with van der Waals surface area (Å²) >= 11 is 0. The molecular formula is C20H18N8O3. The molecule has 4 rings (SSSR count). The molecule has 0 aliphatic carbocycles. The summed E-state index contributed by atoms with van der Waals surface area (Å²) in [6.07, 6.45) is 1.53. The molecule has 0 atom stereocenters. The lowest BCUT2D eigenvalue weighted by Crippen LogP contribution is -2.19. The summed E-state index contributed by atoms with van der Waals surface area (Å²) in [6.45, 7) is 2.43. The van der Waals surface area contributed by atoms with E-state index in [1.807, 2.05) is 37.3 Å². The molecule has 1 amide bonds. The van der Waals surface area contributed by atoms with E-state index >= 15 is 0 Å². The molecule has 4 aromatic rings. The van der Waals surface area contributed by atoms with E-state index in [-0.39, 0.29) is 17.3 Å². The van der Waals surface area contributed by atoms with Crippen LogP contribution in [-0.2, 0) is 0 Å². The van der Waals surface area contributed by atoms with Gasteiger partial charge in [-0.05, 0) is 47.1 Å². The number of carbonyl (C=O) groups excluding carboxylic acids is 1. The Morgan fingerprint density at radius 1 is 1.19 bits per heavy atom. The number of hydrogen-bond donors (Lipinski definition) is 2. The minimum Gasteiger partial charge on any atom is -0.494 e. The molecule has 0 fully saturated rings. The highest BCUT2D eigenvalue weighted by Crippen LogP contribution is 2.28. The van der Waals surface area contributed by atoms with Crippen molar-refractivity contribution < 1.29 is 14.2 Å². The van der Waals surface area contributed by atoms with Crippen LogP contribution in [0.25, 0.3) is 17.1 Å². The average Bonchev–Trinajstić information content (AvgIpc) is 3.41. The number of rotatable bonds is 7. The topological polar surface area (TPSA) is 146 Å². The standard InChI is InChI=1S/C20H18N8O3/c1-2-30-15-10-8-14(9-11-15)17-16(23-27-28(17)19-18(21)25-31-26-19)20(29)24-22-12-13-6-4-3-5-7-13/h3-12H,2H2,1H3,(H2,21,25)(H,24,29). The summed E-state index contributed by atoms with van der Waals surface area (Å²) in [5.41, 5.74) is 10.1.